The van der Waals surface area contributed by atoms with Crippen LogP contribution < -0.4 is 5.32 Å². The number of piperidine rings is 3. The Hall–Kier alpha value is -1.42. The van der Waals surface area contributed by atoms with E-state index in [1.807, 2.05) is 0 Å². The number of fused-ring (bicyclic) bond motifs is 5. The van der Waals surface area contributed by atoms with E-state index in [2.05, 4.69) is 40.5 Å². The van der Waals surface area contributed by atoms with Crippen molar-refractivity contribution in [3.63, 3.8) is 0 Å². The van der Waals surface area contributed by atoms with E-state index >= 15 is 0 Å². The smallest absolute Gasteiger partial charge is 0.226 e. The van der Waals surface area contributed by atoms with Gasteiger partial charge in [0.2, 0.25) is 5.91 Å². The third kappa shape index (κ3) is 1.94. The first-order chi connectivity index (χ1) is 14.5. The first kappa shape index (κ1) is 18.2. The van der Waals surface area contributed by atoms with Crippen LogP contribution in [0.2, 0.25) is 0 Å². The molecule has 30 heavy (non-hydrogen) atoms. The van der Waals surface area contributed by atoms with Crippen LogP contribution in [0.15, 0.2) is 30.3 Å². The van der Waals surface area contributed by atoms with Crippen LogP contribution >= 0.6 is 0 Å². The second kappa shape index (κ2) is 5.68. The molecule has 1 N–H and O–H groups in total. The number of benzene rings is 1. The second-order valence-electron chi connectivity index (χ2n) is 12.0. The molecule has 3 nitrogen and oxygen atoms in total. The van der Waals surface area contributed by atoms with Crippen molar-refractivity contribution in [3.05, 3.63) is 35.9 Å². The lowest BCUT2D eigenvalue weighted by molar-refractivity contribution is -0.142. The summed E-state index contributed by atoms with van der Waals surface area (Å²) in [5.74, 6) is 1.49. The number of nitrogens with zero attached hydrogens (tertiary/aromatic N) is 1. The number of nitrogens with one attached hydrogen (secondary N) is 1. The van der Waals surface area contributed by atoms with Gasteiger partial charge in [0.25, 0.3) is 0 Å². The van der Waals surface area contributed by atoms with Gasteiger partial charge in [0.05, 0.1) is 12.1 Å². The minimum atomic E-state index is -0.280. The van der Waals surface area contributed by atoms with Crippen molar-refractivity contribution >= 4 is 5.91 Å². The zero-order valence-corrected chi connectivity index (χ0v) is 17.8. The van der Waals surface area contributed by atoms with E-state index in [9.17, 15) is 9.18 Å². The zero-order valence-electron chi connectivity index (χ0n) is 17.8. The molecule has 7 fully saturated rings. The molecule has 3 saturated heterocycles. The fraction of sp³-hybridized carbons (Fsp3) is 0.731. The van der Waals surface area contributed by atoms with E-state index in [1.54, 1.807) is 0 Å². The lowest BCUT2D eigenvalue weighted by Gasteiger charge is -2.66. The van der Waals surface area contributed by atoms with Gasteiger partial charge in [0.15, 0.2) is 0 Å². The summed E-state index contributed by atoms with van der Waals surface area (Å²) in [4.78, 5) is 16.5. The van der Waals surface area contributed by atoms with Gasteiger partial charge in [-0.3, -0.25) is 9.18 Å². The maximum absolute atomic E-state index is 14.6. The van der Waals surface area contributed by atoms with Crippen molar-refractivity contribution in [2.75, 3.05) is 26.3 Å². The highest BCUT2D eigenvalue weighted by Gasteiger charge is 2.85. The summed E-state index contributed by atoms with van der Waals surface area (Å²) >= 11 is 0. The summed E-state index contributed by atoms with van der Waals surface area (Å²) in [6.07, 6.45) is 8.39. The van der Waals surface area contributed by atoms with Gasteiger partial charge in [-0.2, -0.15) is 0 Å². The number of rotatable bonds is 4. The number of amides is 1. The minimum Gasteiger partial charge on any atom is -0.351 e. The molecule has 7 aliphatic rings. The monoisotopic (exact) mass is 408 g/mol. The molecule has 1 aromatic carbocycles. The summed E-state index contributed by atoms with van der Waals surface area (Å²) in [7, 11) is 0. The molecule has 4 heteroatoms. The third-order valence-electron chi connectivity index (χ3n) is 10.9. The molecule has 160 valence electrons. The molecule has 8 rings (SSSR count). The molecule has 4 aliphatic carbocycles. The van der Waals surface area contributed by atoms with Crippen LogP contribution in [-0.2, 0) is 10.2 Å². The van der Waals surface area contributed by atoms with Gasteiger partial charge in [0.1, 0.15) is 0 Å². The topological polar surface area (TPSA) is 32.3 Å². The largest absolute Gasteiger partial charge is 0.351 e. The van der Waals surface area contributed by atoms with E-state index in [0.29, 0.717) is 23.8 Å². The van der Waals surface area contributed by atoms with Crippen LogP contribution in [-0.4, -0.2) is 43.2 Å². The molecule has 1 amide bonds. The maximum atomic E-state index is 14.6. The highest BCUT2D eigenvalue weighted by Crippen LogP contribution is 2.88. The quantitative estimate of drug-likeness (QED) is 0.814. The van der Waals surface area contributed by atoms with Crippen LogP contribution in [0.25, 0.3) is 0 Å². The normalized spacial score (nSPS) is 52.2. The summed E-state index contributed by atoms with van der Waals surface area (Å²) in [5.41, 5.74) is 0.942. The molecule has 4 saturated carbocycles. The van der Waals surface area contributed by atoms with Gasteiger partial charge in [-0.1, -0.05) is 30.3 Å². The van der Waals surface area contributed by atoms with E-state index in [0.717, 1.165) is 45.1 Å². The molecule has 3 heterocycles. The Morgan fingerprint density at radius 3 is 2.57 bits per heavy atom. The summed E-state index contributed by atoms with van der Waals surface area (Å²) in [6.45, 7) is 3.22. The van der Waals surface area contributed by atoms with Crippen LogP contribution in [0.4, 0.5) is 4.39 Å². The van der Waals surface area contributed by atoms with Gasteiger partial charge in [0, 0.05) is 23.4 Å². The number of halogens is 1. The average molecular weight is 409 g/mol. The first-order valence-electron chi connectivity index (χ1n) is 12.2. The van der Waals surface area contributed by atoms with E-state index in [4.69, 9.17) is 0 Å². The van der Waals surface area contributed by atoms with Gasteiger partial charge < -0.3 is 10.2 Å². The Morgan fingerprint density at radius 2 is 1.87 bits per heavy atom. The molecule has 1 aromatic rings. The van der Waals surface area contributed by atoms with Crippen LogP contribution in [0, 0.1) is 28.1 Å². The number of alkyl halides is 1. The van der Waals surface area contributed by atoms with Gasteiger partial charge in [-0.05, 0) is 87.3 Å². The van der Waals surface area contributed by atoms with Crippen molar-refractivity contribution < 1.29 is 9.18 Å². The Morgan fingerprint density at radius 1 is 1.07 bits per heavy atom. The van der Waals surface area contributed by atoms with Crippen LogP contribution in [0.5, 0.6) is 0 Å². The molecule has 0 aromatic heterocycles. The van der Waals surface area contributed by atoms with Crippen molar-refractivity contribution in [1.82, 2.24) is 10.2 Å². The average Bonchev–Trinajstić information content (AvgIpc) is 3.08. The minimum absolute atomic E-state index is 0.00539. The molecule has 5 bridgehead atoms. The molecular formula is C26H33FN2O. The van der Waals surface area contributed by atoms with E-state index in [-0.39, 0.29) is 28.3 Å². The second-order valence-corrected chi connectivity index (χ2v) is 12.0. The van der Waals surface area contributed by atoms with Crippen LogP contribution in [0.1, 0.15) is 56.9 Å². The first-order valence-corrected chi connectivity index (χ1v) is 12.2. The molecule has 3 unspecified atom stereocenters. The molecule has 6 atom stereocenters. The van der Waals surface area contributed by atoms with Crippen LogP contribution in [0.3, 0.4) is 0 Å². The van der Waals surface area contributed by atoms with Gasteiger partial charge >= 0.3 is 0 Å². The fourth-order valence-electron chi connectivity index (χ4n) is 10.0. The van der Waals surface area contributed by atoms with Crippen molar-refractivity contribution in [1.29, 1.82) is 0 Å². The fourth-order valence-corrected chi connectivity index (χ4v) is 10.0. The predicted octanol–water partition coefficient (Wildman–Crippen LogP) is 4.07. The third-order valence-corrected chi connectivity index (χ3v) is 10.9. The lowest BCUT2D eigenvalue weighted by atomic mass is 9.37. The van der Waals surface area contributed by atoms with Gasteiger partial charge in [-0.15, -0.1) is 0 Å². The maximum Gasteiger partial charge on any atom is 0.226 e. The SMILES string of the molecule is O=C(N[C@@H]1CN2CCC1CC2)C12CC3CC4(C1)[C@](CF)(C3)C[C@@]4(c1ccccc1)C2. The highest BCUT2D eigenvalue weighted by molar-refractivity contribution is 5.85. The number of hydrogen-bond acceptors (Lipinski definition) is 2. The lowest BCUT2D eigenvalue weighted by Crippen LogP contribution is -2.63. The number of hydrogen-bond donors (Lipinski definition) is 1. The summed E-state index contributed by atoms with van der Waals surface area (Å²) in [5, 5.41) is 3.57. The molecular weight excluding hydrogens is 375 g/mol. The number of carbonyl (C=O) groups excluding carboxylic acids is 1. The highest BCUT2D eigenvalue weighted by atomic mass is 19.1. The van der Waals surface area contributed by atoms with E-state index < -0.39 is 0 Å². The van der Waals surface area contributed by atoms with Crippen molar-refractivity contribution in [2.24, 2.45) is 28.1 Å². The Bertz CT molecular complexity index is 898. The number of carbonyl (C=O) groups is 1. The summed E-state index contributed by atoms with van der Waals surface area (Å²) < 4.78 is 14.6. The van der Waals surface area contributed by atoms with Gasteiger partial charge in [-0.25, -0.2) is 0 Å². The predicted molar refractivity (Wildman–Crippen MR) is 114 cm³/mol. The Labute approximate surface area is 178 Å². The zero-order chi connectivity index (χ0) is 20.2. The van der Waals surface area contributed by atoms with Crippen molar-refractivity contribution in [3.8, 4) is 0 Å². The molecule has 3 aliphatic heterocycles. The summed E-state index contributed by atoms with van der Waals surface area (Å²) in [6, 6.07) is 11.2. The Balaban J connectivity index is 1.26. The Kier molecular flexibility index (Phi) is 3.44. The van der Waals surface area contributed by atoms with Crippen molar-refractivity contribution in [2.45, 2.75) is 62.8 Å². The molecule has 0 radical (unpaired) electrons. The molecule has 1 spiro atoms. The van der Waals surface area contributed by atoms with E-state index in [1.165, 1.54) is 31.5 Å². The standard InChI is InChI=1S/C26H33FN2O/c27-17-24-11-18-10-23(22(30)28-21-13-29-8-6-19(21)7-9-29)14-25(16-24,26(24,12-18)15-23)20-4-2-1-3-5-20/h1-5,18-19,21H,6-17H2,(H,28,30)/t18?,21-,23?,24-,25-,26?/m1/s1.